The Balaban J connectivity index is 2.29. The normalized spacial score (nSPS) is 10.4. The van der Waals surface area contributed by atoms with Crippen molar-refractivity contribution in [2.75, 3.05) is 5.73 Å². The molecule has 2 rings (SSSR count). The van der Waals surface area contributed by atoms with Gasteiger partial charge in [0.1, 0.15) is 12.1 Å². The van der Waals surface area contributed by atoms with Crippen molar-refractivity contribution in [2.45, 2.75) is 26.2 Å². The molecule has 4 nitrogen and oxygen atoms in total. The van der Waals surface area contributed by atoms with Crippen molar-refractivity contribution in [3.8, 4) is 0 Å². The lowest BCUT2D eigenvalue weighted by atomic mass is 10.0. The summed E-state index contributed by atoms with van der Waals surface area (Å²) in [4.78, 5) is 12.5. The molecule has 0 unspecified atom stereocenters. The van der Waals surface area contributed by atoms with Crippen LogP contribution in [0.25, 0.3) is 0 Å². The van der Waals surface area contributed by atoms with Crippen molar-refractivity contribution < 1.29 is 0 Å². The molecule has 0 saturated heterocycles. The van der Waals surface area contributed by atoms with E-state index in [-0.39, 0.29) is 0 Å². The van der Waals surface area contributed by atoms with Gasteiger partial charge in [-0.05, 0) is 18.1 Å². The Morgan fingerprint density at radius 1 is 1.29 bits per heavy atom. The molecular weight excluding hydrogens is 212 g/mol. The Hall–Kier alpha value is -1.97. The van der Waals surface area contributed by atoms with E-state index in [9.17, 15) is 0 Å². The third-order valence-corrected chi connectivity index (χ3v) is 2.66. The Labute approximate surface area is 101 Å². The fourth-order valence-corrected chi connectivity index (χ4v) is 1.84. The lowest BCUT2D eigenvalue weighted by Gasteiger charge is -2.09. The van der Waals surface area contributed by atoms with E-state index in [4.69, 9.17) is 5.73 Å². The highest BCUT2D eigenvalue weighted by molar-refractivity contribution is 5.42. The molecule has 0 aliphatic carbocycles. The lowest BCUT2D eigenvalue weighted by Crippen LogP contribution is -2.06. The molecular formula is C13H16N4. The first kappa shape index (κ1) is 11.5. The van der Waals surface area contributed by atoms with Gasteiger partial charge in [-0.1, -0.05) is 19.4 Å². The molecule has 2 heterocycles. The van der Waals surface area contributed by atoms with Gasteiger partial charge in [-0.3, -0.25) is 4.98 Å². The van der Waals surface area contributed by atoms with E-state index < -0.39 is 0 Å². The minimum Gasteiger partial charge on any atom is -0.383 e. The molecule has 0 saturated carbocycles. The molecule has 0 spiro atoms. The highest BCUT2D eigenvalue weighted by atomic mass is 14.9. The third-order valence-electron chi connectivity index (χ3n) is 2.66. The molecule has 2 aromatic heterocycles. The Morgan fingerprint density at radius 3 is 2.88 bits per heavy atom. The van der Waals surface area contributed by atoms with Gasteiger partial charge in [-0.15, -0.1) is 0 Å². The van der Waals surface area contributed by atoms with Gasteiger partial charge in [0, 0.05) is 24.4 Å². The van der Waals surface area contributed by atoms with Crippen molar-refractivity contribution in [3.05, 3.63) is 47.7 Å². The summed E-state index contributed by atoms with van der Waals surface area (Å²) in [5, 5.41) is 0. The number of nitrogens with zero attached hydrogens (tertiary/aromatic N) is 3. The highest BCUT2D eigenvalue weighted by Crippen LogP contribution is 2.17. The summed E-state index contributed by atoms with van der Waals surface area (Å²) in [6.45, 7) is 2.13. The van der Waals surface area contributed by atoms with Crippen LogP contribution in [0.15, 0.2) is 30.9 Å². The second-order valence-corrected chi connectivity index (χ2v) is 3.97. The smallest absolute Gasteiger partial charge is 0.130 e. The van der Waals surface area contributed by atoms with Crippen LogP contribution in [0.1, 0.15) is 30.2 Å². The van der Waals surface area contributed by atoms with Crippen LogP contribution >= 0.6 is 0 Å². The van der Waals surface area contributed by atoms with Crippen molar-refractivity contribution in [1.29, 1.82) is 0 Å². The third kappa shape index (κ3) is 2.78. The van der Waals surface area contributed by atoms with Crippen LogP contribution in [0.4, 0.5) is 5.82 Å². The van der Waals surface area contributed by atoms with Crippen molar-refractivity contribution in [2.24, 2.45) is 0 Å². The fraction of sp³-hybridized carbons (Fsp3) is 0.308. The zero-order valence-corrected chi connectivity index (χ0v) is 9.93. The summed E-state index contributed by atoms with van der Waals surface area (Å²) in [6, 6.07) is 3.97. The van der Waals surface area contributed by atoms with Crippen LogP contribution in [0, 0.1) is 0 Å². The molecule has 0 aliphatic rings. The first-order valence-corrected chi connectivity index (χ1v) is 5.78. The standard InChI is InChI=1S/C13H16N4/c1-2-4-11-12(16-9-17-13(11)14)7-10-5-3-6-15-8-10/h3,5-6,8-9H,2,4,7H2,1H3,(H2,14,16,17). The summed E-state index contributed by atoms with van der Waals surface area (Å²) >= 11 is 0. The SMILES string of the molecule is CCCc1c(N)ncnc1Cc1cccnc1. The van der Waals surface area contributed by atoms with E-state index in [1.807, 2.05) is 18.3 Å². The molecule has 0 aromatic carbocycles. The summed E-state index contributed by atoms with van der Waals surface area (Å²) in [5.74, 6) is 0.598. The van der Waals surface area contributed by atoms with Gasteiger partial charge >= 0.3 is 0 Å². The molecule has 0 atom stereocenters. The van der Waals surface area contributed by atoms with Crippen molar-refractivity contribution in [1.82, 2.24) is 15.0 Å². The van der Waals surface area contributed by atoms with Crippen molar-refractivity contribution in [3.63, 3.8) is 0 Å². The van der Waals surface area contributed by atoms with Crippen LogP contribution in [0.2, 0.25) is 0 Å². The van der Waals surface area contributed by atoms with E-state index in [1.54, 1.807) is 6.20 Å². The molecule has 2 N–H and O–H groups in total. The van der Waals surface area contributed by atoms with E-state index in [0.29, 0.717) is 5.82 Å². The first-order chi connectivity index (χ1) is 8.31. The second-order valence-electron chi connectivity index (χ2n) is 3.97. The van der Waals surface area contributed by atoms with Crippen LogP contribution in [-0.2, 0) is 12.8 Å². The van der Waals surface area contributed by atoms with Gasteiger partial charge in [-0.2, -0.15) is 0 Å². The lowest BCUT2D eigenvalue weighted by molar-refractivity contribution is 0.870. The maximum atomic E-state index is 5.89. The predicted octanol–water partition coefficient (Wildman–Crippen LogP) is 2.00. The average molecular weight is 228 g/mol. The van der Waals surface area contributed by atoms with E-state index in [0.717, 1.165) is 36.1 Å². The fourth-order valence-electron chi connectivity index (χ4n) is 1.84. The number of nitrogens with two attached hydrogens (primary N) is 1. The summed E-state index contributed by atoms with van der Waals surface area (Å²) in [6.07, 6.45) is 7.87. The van der Waals surface area contributed by atoms with Crippen LogP contribution < -0.4 is 5.73 Å². The average Bonchev–Trinajstić information content (AvgIpc) is 2.35. The van der Waals surface area contributed by atoms with Gasteiger partial charge in [0.05, 0.1) is 5.69 Å². The van der Waals surface area contributed by atoms with Gasteiger partial charge in [0.15, 0.2) is 0 Å². The zero-order chi connectivity index (χ0) is 12.1. The number of anilines is 1. The zero-order valence-electron chi connectivity index (χ0n) is 9.93. The summed E-state index contributed by atoms with van der Waals surface area (Å²) < 4.78 is 0. The summed E-state index contributed by atoms with van der Waals surface area (Å²) in [5.41, 5.74) is 9.11. The topological polar surface area (TPSA) is 64.7 Å². The monoisotopic (exact) mass is 228 g/mol. The molecule has 0 amide bonds. The molecule has 88 valence electrons. The number of aromatic nitrogens is 3. The van der Waals surface area contributed by atoms with Gasteiger partial charge in [-0.25, -0.2) is 9.97 Å². The Morgan fingerprint density at radius 2 is 2.18 bits per heavy atom. The molecule has 4 heteroatoms. The second kappa shape index (κ2) is 5.39. The molecule has 17 heavy (non-hydrogen) atoms. The van der Waals surface area contributed by atoms with Crippen LogP contribution in [0.3, 0.4) is 0 Å². The Bertz CT molecular complexity index is 482. The molecule has 0 aliphatic heterocycles. The summed E-state index contributed by atoms with van der Waals surface area (Å²) in [7, 11) is 0. The quantitative estimate of drug-likeness (QED) is 0.869. The first-order valence-electron chi connectivity index (χ1n) is 5.78. The van der Waals surface area contributed by atoms with E-state index in [2.05, 4.69) is 21.9 Å². The van der Waals surface area contributed by atoms with E-state index in [1.165, 1.54) is 6.33 Å². The van der Waals surface area contributed by atoms with Gasteiger partial charge < -0.3 is 5.73 Å². The predicted molar refractivity (Wildman–Crippen MR) is 67.5 cm³/mol. The maximum Gasteiger partial charge on any atom is 0.130 e. The molecule has 0 radical (unpaired) electrons. The van der Waals surface area contributed by atoms with Gasteiger partial charge in [0.2, 0.25) is 0 Å². The largest absolute Gasteiger partial charge is 0.383 e. The molecule has 0 fully saturated rings. The maximum absolute atomic E-state index is 5.89. The van der Waals surface area contributed by atoms with Crippen LogP contribution in [0.5, 0.6) is 0 Å². The minimum atomic E-state index is 0.598. The van der Waals surface area contributed by atoms with Crippen molar-refractivity contribution >= 4 is 5.82 Å². The number of hydrogen-bond acceptors (Lipinski definition) is 4. The number of hydrogen-bond donors (Lipinski definition) is 1. The molecule has 2 aromatic rings. The van der Waals surface area contributed by atoms with E-state index >= 15 is 0 Å². The number of rotatable bonds is 4. The highest BCUT2D eigenvalue weighted by Gasteiger charge is 2.08. The Kier molecular flexibility index (Phi) is 3.65. The van der Waals surface area contributed by atoms with Gasteiger partial charge in [0.25, 0.3) is 0 Å². The number of pyridine rings is 1. The minimum absolute atomic E-state index is 0.598. The molecule has 0 bridgehead atoms. The number of nitrogen functional groups attached to an aromatic ring is 1. The van der Waals surface area contributed by atoms with Crippen LogP contribution in [-0.4, -0.2) is 15.0 Å².